The molecule has 2 aliphatic heterocycles. The van der Waals surface area contributed by atoms with Gasteiger partial charge in [0.05, 0.1) is 13.2 Å². The van der Waals surface area contributed by atoms with Crippen molar-refractivity contribution in [2.45, 2.75) is 39.4 Å². The molecule has 1 atom stereocenters. The summed E-state index contributed by atoms with van der Waals surface area (Å²) in [6.07, 6.45) is 3.56. The van der Waals surface area contributed by atoms with Crippen LogP contribution in [0.3, 0.4) is 0 Å². The van der Waals surface area contributed by atoms with Gasteiger partial charge >= 0.3 is 6.09 Å². The normalized spacial score (nSPS) is 21.9. The number of rotatable bonds is 4. The van der Waals surface area contributed by atoms with E-state index in [1.54, 1.807) is 39.8 Å². The molecule has 0 N–H and O–H groups in total. The minimum Gasteiger partial charge on any atom is -0.444 e. The van der Waals surface area contributed by atoms with Gasteiger partial charge in [-0.15, -0.1) is 5.06 Å². The summed E-state index contributed by atoms with van der Waals surface area (Å²) in [7, 11) is 0. The van der Waals surface area contributed by atoms with E-state index >= 15 is 0 Å². The molecular weight excluding hydrogens is 328 g/mol. The highest BCUT2D eigenvalue weighted by Crippen LogP contribution is 2.17. The highest BCUT2D eigenvalue weighted by molar-refractivity contribution is 6.16. The van der Waals surface area contributed by atoms with Crippen LogP contribution in [-0.2, 0) is 23.9 Å². The maximum atomic E-state index is 12.1. The fourth-order valence-electron chi connectivity index (χ4n) is 2.36. The van der Waals surface area contributed by atoms with Crippen LogP contribution in [0.25, 0.3) is 0 Å². The van der Waals surface area contributed by atoms with Gasteiger partial charge in [0.1, 0.15) is 18.3 Å². The lowest BCUT2D eigenvalue weighted by molar-refractivity contribution is -0.198. The van der Waals surface area contributed by atoms with Crippen LogP contribution in [0.4, 0.5) is 4.79 Å². The van der Waals surface area contributed by atoms with E-state index in [9.17, 15) is 14.4 Å². The molecule has 8 nitrogen and oxygen atoms in total. The van der Waals surface area contributed by atoms with Crippen molar-refractivity contribution in [3.8, 4) is 0 Å². The molecule has 0 aromatic carbocycles. The van der Waals surface area contributed by atoms with Crippen LogP contribution in [0.15, 0.2) is 23.8 Å². The van der Waals surface area contributed by atoms with E-state index in [-0.39, 0.29) is 18.7 Å². The SMILES string of the molecule is C/C=C\C1=CC(=O)N(OCC2CN(C(=O)OC(C)(C)C)CCO2)C1=O. The van der Waals surface area contributed by atoms with Crippen LogP contribution in [0.1, 0.15) is 27.7 Å². The molecule has 0 aliphatic carbocycles. The fourth-order valence-corrected chi connectivity index (χ4v) is 2.36. The second-order valence-electron chi connectivity index (χ2n) is 6.75. The molecule has 2 aliphatic rings. The van der Waals surface area contributed by atoms with Gasteiger partial charge in [0.15, 0.2) is 0 Å². The molecule has 2 rings (SSSR count). The molecule has 138 valence electrons. The highest BCUT2D eigenvalue weighted by atomic mass is 16.7. The zero-order valence-corrected chi connectivity index (χ0v) is 15.0. The van der Waals surface area contributed by atoms with Crippen molar-refractivity contribution in [3.05, 3.63) is 23.8 Å². The Kier molecular flexibility index (Phi) is 5.97. The zero-order valence-electron chi connectivity index (χ0n) is 15.0. The standard InChI is InChI=1S/C17H24N2O6/c1-5-6-12-9-14(20)19(15(12)21)24-11-13-10-18(7-8-23-13)16(22)25-17(2,3)4/h5-6,9,13H,7-8,10-11H2,1-4H3/b6-5-. The van der Waals surface area contributed by atoms with Crippen molar-refractivity contribution in [1.82, 2.24) is 9.96 Å². The summed E-state index contributed by atoms with van der Waals surface area (Å²) in [5, 5.41) is 0.713. The number of hydrogen-bond donors (Lipinski definition) is 0. The first-order valence-electron chi connectivity index (χ1n) is 8.16. The lowest BCUT2D eigenvalue weighted by atomic mass is 10.2. The summed E-state index contributed by atoms with van der Waals surface area (Å²) < 4.78 is 10.9. The molecule has 1 fully saturated rings. The van der Waals surface area contributed by atoms with Crippen LogP contribution >= 0.6 is 0 Å². The summed E-state index contributed by atoms with van der Waals surface area (Å²) in [5.41, 5.74) is -0.308. The van der Waals surface area contributed by atoms with Crippen molar-refractivity contribution in [1.29, 1.82) is 0 Å². The molecule has 0 spiro atoms. The van der Waals surface area contributed by atoms with Gasteiger partial charge < -0.3 is 14.4 Å². The topological polar surface area (TPSA) is 85.4 Å². The third-order valence-corrected chi connectivity index (χ3v) is 3.44. The van der Waals surface area contributed by atoms with E-state index in [2.05, 4.69) is 0 Å². The first-order valence-corrected chi connectivity index (χ1v) is 8.16. The molecule has 0 bridgehead atoms. The maximum absolute atomic E-state index is 12.1. The molecule has 8 heteroatoms. The third kappa shape index (κ3) is 5.14. The Bertz CT molecular complexity index is 605. The van der Waals surface area contributed by atoms with Crippen molar-refractivity contribution < 1.29 is 28.7 Å². The van der Waals surface area contributed by atoms with E-state index < -0.39 is 29.6 Å². The minimum absolute atomic E-state index is 0.0201. The molecule has 0 radical (unpaired) electrons. The van der Waals surface area contributed by atoms with Gasteiger partial charge in [-0.25, -0.2) is 4.79 Å². The summed E-state index contributed by atoms with van der Waals surface area (Å²) in [6.45, 7) is 8.14. The van der Waals surface area contributed by atoms with Crippen LogP contribution < -0.4 is 0 Å². The summed E-state index contributed by atoms with van der Waals surface area (Å²) in [6, 6.07) is 0. The molecule has 1 unspecified atom stereocenters. The van der Waals surface area contributed by atoms with Gasteiger partial charge in [0.2, 0.25) is 0 Å². The molecule has 3 amide bonds. The molecule has 0 aromatic rings. The predicted molar refractivity (Wildman–Crippen MR) is 88.2 cm³/mol. The lowest BCUT2D eigenvalue weighted by Crippen LogP contribution is -2.49. The molecular formula is C17H24N2O6. The Morgan fingerprint density at radius 3 is 2.76 bits per heavy atom. The molecule has 25 heavy (non-hydrogen) atoms. The Hall–Kier alpha value is -2.19. The average molecular weight is 352 g/mol. The van der Waals surface area contributed by atoms with Gasteiger partial charge in [-0.2, -0.15) is 0 Å². The fraction of sp³-hybridized carbons (Fsp3) is 0.588. The number of nitrogens with zero attached hydrogens (tertiary/aromatic N) is 2. The number of hydroxylamine groups is 2. The summed E-state index contributed by atoms with van der Waals surface area (Å²) in [4.78, 5) is 42.8. The van der Waals surface area contributed by atoms with E-state index in [1.165, 1.54) is 11.0 Å². The Balaban J connectivity index is 1.86. The number of imide groups is 1. The largest absolute Gasteiger partial charge is 0.444 e. The van der Waals surface area contributed by atoms with Gasteiger partial charge in [-0.3, -0.25) is 14.4 Å². The van der Waals surface area contributed by atoms with Crippen LogP contribution in [0, 0.1) is 0 Å². The average Bonchev–Trinajstić information content (AvgIpc) is 2.78. The number of ether oxygens (including phenoxy) is 2. The third-order valence-electron chi connectivity index (χ3n) is 3.44. The molecule has 1 saturated heterocycles. The smallest absolute Gasteiger partial charge is 0.410 e. The lowest BCUT2D eigenvalue weighted by Gasteiger charge is -2.34. The van der Waals surface area contributed by atoms with E-state index in [1.807, 2.05) is 0 Å². The van der Waals surface area contributed by atoms with Gasteiger partial charge in [0.25, 0.3) is 11.8 Å². The Morgan fingerprint density at radius 2 is 2.12 bits per heavy atom. The quantitative estimate of drug-likeness (QED) is 0.712. The molecule has 0 aromatic heterocycles. The van der Waals surface area contributed by atoms with Crippen molar-refractivity contribution in [2.75, 3.05) is 26.3 Å². The zero-order chi connectivity index (χ0) is 18.6. The van der Waals surface area contributed by atoms with E-state index in [4.69, 9.17) is 14.3 Å². The maximum Gasteiger partial charge on any atom is 0.410 e. The number of hydrogen-bond acceptors (Lipinski definition) is 6. The minimum atomic E-state index is -0.579. The van der Waals surface area contributed by atoms with Crippen molar-refractivity contribution in [2.24, 2.45) is 0 Å². The van der Waals surface area contributed by atoms with Crippen molar-refractivity contribution in [3.63, 3.8) is 0 Å². The predicted octanol–water partition coefficient (Wildman–Crippen LogP) is 1.43. The number of allylic oxidation sites excluding steroid dienone is 1. The monoisotopic (exact) mass is 352 g/mol. The first-order chi connectivity index (χ1) is 11.7. The van der Waals surface area contributed by atoms with Crippen LogP contribution in [0.2, 0.25) is 0 Å². The number of carbonyl (C=O) groups is 3. The van der Waals surface area contributed by atoms with Crippen LogP contribution in [0.5, 0.6) is 0 Å². The number of morpholine rings is 1. The number of carbonyl (C=O) groups excluding carboxylic acids is 3. The molecule has 0 saturated carbocycles. The van der Waals surface area contributed by atoms with Crippen molar-refractivity contribution >= 4 is 17.9 Å². The van der Waals surface area contributed by atoms with E-state index in [0.717, 1.165) is 0 Å². The summed E-state index contributed by atoms with van der Waals surface area (Å²) >= 11 is 0. The van der Waals surface area contributed by atoms with E-state index in [0.29, 0.717) is 18.2 Å². The Labute approximate surface area is 146 Å². The second kappa shape index (κ2) is 7.79. The number of amides is 3. The Morgan fingerprint density at radius 1 is 1.40 bits per heavy atom. The van der Waals surface area contributed by atoms with Gasteiger partial charge in [-0.1, -0.05) is 12.2 Å². The van der Waals surface area contributed by atoms with Crippen LogP contribution in [-0.4, -0.2) is 65.9 Å². The highest BCUT2D eigenvalue weighted by Gasteiger charge is 2.33. The second-order valence-corrected chi connectivity index (χ2v) is 6.75. The summed E-state index contributed by atoms with van der Waals surface area (Å²) in [5.74, 6) is -1.04. The van der Waals surface area contributed by atoms with Gasteiger partial charge in [0, 0.05) is 18.2 Å². The van der Waals surface area contributed by atoms with Gasteiger partial charge in [-0.05, 0) is 27.7 Å². The molecule has 2 heterocycles. The first kappa shape index (κ1) is 19.1.